The minimum atomic E-state index is -5.29. The number of hydrogen-bond acceptors (Lipinski definition) is 43. The van der Waals surface area contributed by atoms with Crippen molar-refractivity contribution in [2.75, 3.05) is 62.5 Å². The highest BCUT2D eigenvalue weighted by Crippen LogP contribution is 2.52. The van der Waals surface area contributed by atoms with Crippen LogP contribution in [0.5, 0.6) is 0 Å². The topological polar surface area (TPSA) is 875 Å². The highest BCUT2D eigenvalue weighted by molar-refractivity contribution is 7.47. The number of phosphoric acid groups is 4. The molecule has 2 aromatic carbocycles. The van der Waals surface area contributed by atoms with E-state index in [1.165, 1.54) is 46.3 Å². The van der Waals surface area contributed by atoms with Gasteiger partial charge in [-0.15, -0.1) is 0 Å². The molecule has 0 spiro atoms. The number of aliphatic hydroxyl groups is 2. The number of nitrogen functional groups attached to an aromatic ring is 4. The van der Waals surface area contributed by atoms with E-state index >= 15 is 0 Å². The zero-order valence-corrected chi connectivity index (χ0v) is 74.8. The lowest BCUT2D eigenvalue weighted by Crippen LogP contribution is -2.47. The standard InChI is InChI=1S/C38H51N13O18P2.C33H43N13O16P2/c1-38(2,3)68-37(56)46-22(10-6-7-12-42-36(55)62-15-20-8-4-5-9-21(20)48-49-41)34(53)67-30-25(66-33(29(30)52)51-19-45-28-31(40)43-18-44-32(28)51)17-64-71(60,61)69-23-14-27(50-13-11-26(39)47-35(50)54)65-24(23)16-63-70(57,58)59;34-18(6-3-4-9-38-33(50)56-12-17-5-1-2-7-19(17)43-44-37)31(48)61-27-22(60-30(26(27)47)46-16-41-25-28(36)39-15-40-29(25)46)14-58-64(54,55)62-20-11-24(45-10-8-23(35)42-32(45)49)59-21(20)13-57-63(51,52)53/h4-5,8-9,11,13,18-19,22-25,27,29-30,33,52H,6-7,10,12,14-17H2,1-3H3,(H,42,55)(H,46,56)(H,60,61)(H2,39,47,54)(H2,40,43,44)(H2,57,58,59);1-2,5,7-8,10,15-16,18,20-22,24,26-27,30,47H,3-4,6,9,11-14,34H2,(H,38,50)(H,54,55)(H2,35,42,49)(H2,36,39,40)(H2,51,52,53)/t22-,23-,24+,25+,27+,29+,30+,33+;18-,20-,21+,22+,24+,26+,27+,30+/m00/s1. The minimum absolute atomic E-state index is 0.00342. The lowest BCUT2D eigenvalue weighted by Gasteiger charge is -2.26. The van der Waals surface area contributed by atoms with Crippen molar-refractivity contribution in [3.05, 3.63) is 151 Å². The summed E-state index contributed by atoms with van der Waals surface area (Å²) in [5.41, 5.74) is 45.9. The third-order valence-corrected chi connectivity index (χ3v) is 23.0. The summed E-state index contributed by atoms with van der Waals surface area (Å²) in [6.45, 7) is 1.06. The number of carbonyl (C=O) groups excluding carboxylic acids is 5. The van der Waals surface area contributed by atoms with E-state index in [2.05, 4.69) is 84.9 Å². The van der Waals surface area contributed by atoms with E-state index in [0.29, 0.717) is 29.7 Å². The Kier molecular flexibility index (Phi) is 35.3. The highest BCUT2D eigenvalue weighted by atomic mass is 31.2. The maximum absolute atomic E-state index is 14.1. The van der Waals surface area contributed by atoms with E-state index in [1.54, 1.807) is 69.3 Å². The molecule has 64 heteroatoms. The number of benzene rings is 2. The second-order valence-electron chi connectivity index (χ2n) is 30.7. The predicted octanol–water partition coefficient (Wildman–Crippen LogP) is 2.93. The molecule has 4 fully saturated rings. The molecule has 60 nitrogen and oxygen atoms in total. The third kappa shape index (κ3) is 29.3. The summed E-state index contributed by atoms with van der Waals surface area (Å²) in [5, 5.41) is 38.0. The number of aromatic nitrogens is 12. The Morgan fingerprint density at radius 1 is 0.548 bits per heavy atom. The Bertz CT molecular complexity index is 5960. The highest BCUT2D eigenvalue weighted by Gasteiger charge is 2.53. The van der Waals surface area contributed by atoms with Gasteiger partial charge in [0.15, 0.2) is 47.6 Å². The Morgan fingerprint density at radius 2 is 0.963 bits per heavy atom. The van der Waals surface area contributed by atoms with Crippen molar-refractivity contribution < 1.29 is 152 Å². The molecule has 10 heterocycles. The number of rotatable bonds is 41. The molecule has 4 saturated heterocycles. The quantitative estimate of drug-likeness (QED) is 0.00498. The lowest BCUT2D eigenvalue weighted by molar-refractivity contribution is -0.159. The number of phosphoric ester groups is 4. The largest absolute Gasteiger partial charge is 0.472 e. The molecule has 21 N–H and O–H groups in total. The number of esters is 2. The Labute approximate surface area is 759 Å². The van der Waals surface area contributed by atoms with Gasteiger partial charge < -0.3 is 127 Å². The zero-order valence-electron chi connectivity index (χ0n) is 71.2. The normalized spacial score (nSPS) is 23.0. The molecule has 4 aliphatic heterocycles. The van der Waals surface area contributed by atoms with E-state index < -0.39 is 203 Å². The van der Waals surface area contributed by atoms with Gasteiger partial charge in [-0.1, -0.05) is 58.8 Å². The first kappa shape index (κ1) is 104. The van der Waals surface area contributed by atoms with Crippen molar-refractivity contribution >= 4 is 118 Å². The van der Waals surface area contributed by atoms with E-state index in [1.807, 2.05) is 0 Å². The van der Waals surface area contributed by atoms with Gasteiger partial charge in [0.2, 0.25) is 0 Å². The molecule has 12 rings (SSSR count). The molecule has 3 amide bonds. The molecule has 2 unspecified atom stereocenters. The number of fused-ring (bicyclic) bond motifs is 2. The molecular formula is C71H94N26O34P4. The Morgan fingerprint density at radius 3 is 1.38 bits per heavy atom. The molecule has 0 bridgehead atoms. The molecule has 0 saturated carbocycles. The van der Waals surface area contributed by atoms with Crippen LogP contribution in [-0.2, 0) is 111 Å². The van der Waals surface area contributed by atoms with Crippen molar-refractivity contribution in [1.82, 2.24) is 74.1 Å². The van der Waals surface area contributed by atoms with Crippen molar-refractivity contribution in [3.63, 3.8) is 0 Å². The van der Waals surface area contributed by atoms with E-state index in [4.69, 9.17) is 100 Å². The monoisotopic (exact) mass is 1980 g/mol. The second kappa shape index (κ2) is 46.0. The van der Waals surface area contributed by atoms with Crippen LogP contribution >= 0.6 is 31.3 Å². The summed E-state index contributed by atoms with van der Waals surface area (Å²) < 4.78 is 136. The number of nitrogens with one attached hydrogen (secondary N) is 3. The minimum Gasteiger partial charge on any atom is -0.455 e. The van der Waals surface area contributed by atoms with E-state index in [0.717, 1.165) is 21.8 Å². The fraction of sp³-hybridized carbons (Fsp3) is 0.507. The fourth-order valence-electron chi connectivity index (χ4n) is 13.7. The van der Waals surface area contributed by atoms with Gasteiger partial charge in [0.25, 0.3) is 0 Å². The molecular weight excluding hydrogens is 1880 g/mol. The van der Waals surface area contributed by atoms with Gasteiger partial charge in [0.05, 0.1) is 39.1 Å². The van der Waals surface area contributed by atoms with Gasteiger partial charge in [0, 0.05) is 59.5 Å². The number of alkyl carbamates (subject to hydrolysis) is 3. The summed E-state index contributed by atoms with van der Waals surface area (Å²) in [5.74, 6) is -2.38. The number of nitrogens with two attached hydrogens (primary N) is 5. The van der Waals surface area contributed by atoms with Gasteiger partial charge in [-0.2, -0.15) is 9.97 Å². The zero-order chi connectivity index (χ0) is 97.9. The van der Waals surface area contributed by atoms with Gasteiger partial charge in [-0.3, -0.25) is 50.2 Å². The molecule has 135 heavy (non-hydrogen) atoms. The summed E-state index contributed by atoms with van der Waals surface area (Å²) in [4.78, 5) is 186. The number of amides is 3. The number of imidazole rings is 2. The van der Waals surface area contributed by atoms with Crippen LogP contribution in [0.4, 0.5) is 49.0 Å². The van der Waals surface area contributed by atoms with Crippen LogP contribution in [0, 0.1) is 0 Å². The molecule has 732 valence electrons. The van der Waals surface area contributed by atoms with E-state index in [9.17, 15) is 91.4 Å². The van der Waals surface area contributed by atoms with Crippen LogP contribution < -0.4 is 56.0 Å². The van der Waals surface area contributed by atoms with Gasteiger partial charge in [-0.05, 0) is 93.6 Å². The Hall–Kier alpha value is -12.0. The SMILES string of the molecule is CC(C)(C)OC(=O)N[C@@H](CCCCNC(=O)OCc1ccccc1N=[N+]=[N-])C(=O)O[C@H]1[C@@H](O)[C@H](n2cnc3c(N)ncnc32)O[C@@H]1COP(=O)(O)O[C@H]1C[C@H](n2ccc(N)nc2=O)O[C@@H]1COP(=O)(O)O.[N-]=[N+]=Nc1ccccc1COC(=O)NCCCC[C@H](N)C(=O)O[C@H]1[C@@H](O)[C@H](n2cnc3c(N)ncnc32)O[C@@H]1COP(=O)(O)O[C@H]1C[C@H](n2ccc(N)nc2=O)O[C@@H]1COP(=O)(O)O. The van der Waals surface area contributed by atoms with Crippen LogP contribution in [0.3, 0.4) is 0 Å². The number of hydrogen-bond donors (Lipinski definition) is 16. The first-order valence-corrected chi connectivity index (χ1v) is 46.5. The van der Waals surface area contributed by atoms with Crippen LogP contribution in [0.1, 0.15) is 108 Å². The molecule has 0 aliphatic carbocycles. The number of azide groups is 2. The number of anilines is 4. The molecule has 0 radical (unpaired) electrons. The number of unbranched alkanes of at least 4 members (excludes halogenated alkanes) is 2. The maximum Gasteiger partial charge on any atom is 0.472 e. The first-order valence-electron chi connectivity index (χ1n) is 40.4. The second-order valence-corrected chi connectivity index (χ2v) is 36.0. The molecule has 8 aromatic rings. The molecule has 18 atom stereocenters. The van der Waals surface area contributed by atoms with Gasteiger partial charge >= 0.3 is 72.9 Å². The summed E-state index contributed by atoms with van der Waals surface area (Å²) >= 11 is 0. The van der Waals surface area contributed by atoms with Crippen LogP contribution in [0.2, 0.25) is 0 Å². The van der Waals surface area contributed by atoms with Crippen LogP contribution in [0.25, 0.3) is 43.2 Å². The smallest absolute Gasteiger partial charge is 0.455 e. The summed E-state index contributed by atoms with van der Waals surface area (Å²) in [7, 11) is -20.7. The van der Waals surface area contributed by atoms with Crippen LogP contribution in [-0.4, -0.2) is 246 Å². The average Bonchev–Trinajstić information content (AvgIpc) is 1.62. The Balaban J connectivity index is 0.000000261. The van der Waals surface area contributed by atoms with Crippen molar-refractivity contribution in [2.24, 2.45) is 16.0 Å². The van der Waals surface area contributed by atoms with Crippen molar-refractivity contribution in [2.45, 2.75) is 189 Å². The van der Waals surface area contributed by atoms with Crippen molar-refractivity contribution in [3.8, 4) is 0 Å². The number of aliphatic hydroxyl groups excluding tert-OH is 2. The predicted molar refractivity (Wildman–Crippen MR) is 455 cm³/mol. The van der Waals surface area contributed by atoms with Gasteiger partial charge in [0.1, 0.15) is 128 Å². The maximum atomic E-state index is 14.1. The first-order chi connectivity index (χ1) is 63.9. The number of carbonyl (C=O) groups is 5. The van der Waals surface area contributed by atoms with Gasteiger partial charge in [-0.25, -0.2) is 76.9 Å². The number of nitrogens with zero attached hydrogens (tertiary/aromatic N) is 18. The summed E-state index contributed by atoms with van der Waals surface area (Å²) in [6, 6.07) is 12.9. The number of ether oxygens (including phenoxy) is 9. The van der Waals surface area contributed by atoms with Crippen molar-refractivity contribution in [1.29, 1.82) is 0 Å². The molecule has 6 aromatic heterocycles. The van der Waals surface area contributed by atoms with E-state index in [-0.39, 0.29) is 116 Å². The molecule has 4 aliphatic rings. The average molecular weight is 1980 g/mol. The third-order valence-electron chi connectivity index (χ3n) is 20.0. The lowest BCUT2D eigenvalue weighted by atomic mass is 10.1. The summed E-state index contributed by atoms with van der Waals surface area (Å²) in [6.07, 6.45) is -16.4. The van der Waals surface area contributed by atoms with Crippen LogP contribution in [0.15, 0.2) is 118 Å². The fourth-order valence-corrected chi connectivity index (χ4v) is 16.4.